The summed E-state index contributed by atoms with van der Waals surface area (Å²) in [4.78, 5) is 18.3. The van der Waals surface area contributed by atoms with Crippen LogP contribution in [0.1, 0.15) is 60.5 Å². The summed E-state index contributed by atoms with van der Waals surface area (Å²) in [6.45, 7) is 5.26. The highest BCUT2D eigenvalue weighted by molar-refractivity contribution is 5.75. The van der Waals surface area contributed by atoms with Gasteiger partial charge in [0.05, 0.1) is 29.8 Å². The van der Waals surface area contributed by atoms with Gasteiger partial charge in [0, 0.05) is 43.7 Å². The van der Waals surface area contributed by atoms with E-state index in [1.165, 1.54) is 0 Å². The lowest BCUT2D eigenvalue weighted by Crippen LogP contribution is -2.47. The second-order valence-electron chi connectivity index (χ2n) is 12.7. The van der Waals surface area contributed by atoms with Gasteiger partial charge in [-0.25, -0.2) is 4.79 Å². The summed E-state index contributed by atoms with van der Waals surface area (Å²) in [5.41, 5.74) is 14.1. The molecule has 5 aromatic rings. The number of benzene rings is 4. The lowest BCUT2D eigenvalue weighted by molar-refractivity contribution is -0.276. The van der Waals surface area contributed by atoms with E-state index in [1.807, 2.05) is 53.1 Å². The molecule has 46 heavy (non-hydrogen) atoms. The zero-order valence-electron chi connectivity index (χ0n) is 26.2. The van der Waals surface area contributed by atoms with E-state index < -0.39 is 6.29 Å². The third kappa shape index (κ3) is 6.07. The molecule has 3 heterocycles. The van der Waals surface area contributed by atoms with Gasteiger partial charge in [-0.15, -0.1) is 0 Å². The number of imidazole rings is 1. The minimum absolute atomic E-state index is 0.00990. The average Bonchev–Trinajstić information content (AvgIpc) is 3.45. The molecule has 4 aromatic carbocycles. The summed E-state index contributed by atoms with van der Waals surface area (Å²) in [5, 5.41) is 9.61. The standard InChI is InChI=1S/C38H42N4O4/c1-25-35(23-41-20-18-31(19-21-41)42-34-9-5-4-8-33(34)40-38(42)44)45-37(46-36(25)28-12-10-26(24-43)11-13-28)29-16-14-27(15-17-29)32-7-3-2-6-30(32)22-39/h2-17,25,31,35-37,43H,18-24,39H2,1H3,(H,40,44)/t25-,35+,36+,37+/m0/s1. The molecule has 7 rings (SSSR count). The Kier molecular flexibility index (Phi) is 8.88. The van der Waals surface area contributed by atoms with Crippen LogP contribution >= 0.6 is 0 Å². The molecule has 1 aromatic heterocycles. The van der Waals surface area contributed by atoms with E-state index >= 15 is 0 Å². The maximum Gasteiger partial charge on any atom is 0.326 e. The molecule has 0 unspecified atom stereocenters. The smallest absolute Gasteiger partial charge is 0.326 e. The molecule has 0 radical (unpaired) electrons. The number of para-hydroxylation sites is 2. The van der Waals surface area contributed by atoms with E-state index in [0.717, 1.165) is 76.9 Å². The van der Waals surface area contributed by atoms with Gasteiger partial charge in [-0.1, -0.05) is 91.9 Å². The Morgan fingerprint density at radius 3 is 2.30 bits per heavy atom. The van der Waals surface area contributed by atoms with Crippen molar-refractivity contribution in [3.8, 4) is 11.1 Å². The van der Waals surface area contributed by atoms with Gasteiger partial charge >= 0.3 is 5.69 Å². The molecule has 0 aliphatic carbocycles. The second-order valence-corrected chi connectivity index (χ2v) is 12.7. The van der Waals surface area contributed by atoms with Gasteiger partial charge in [0.1, 0.15) is 0 Å². The number of rotatable bonds is 8. The van der Waals surface area contributed by atoms with Crippen LogP contribution in [0.5, 0.6) is 0 Å². The number of aliphatic hydroxyl groups excluding tert-OH is 1. The molecule has 238 valence electrons. The number of H-pyrrole nitrogens is 1. The Hall–Kier alpha value is -4.05. The van der Waals surface area contributed by atoms with Crippen LogP contribution in [-0.2, 0) is 22.6 Å². The van der Waals surface area contributed by atoms with Crippen LogP contribution in [0.15, 0.2) is 102 Å². The normalized spacial score (nSPS) is 22.8. The minimum Gasteiger partial charge on any atom is -0.392 e. The number of nitrogens with zero attached hydrogens (tertiary/aromatic N) is 2. The molecule has 2 aliphatic rings. The summed E-state index contributed by atoms with van der Waals surface area (Å²) in [5.74, 6) is 0.0980. The van der Waals surface area contributed by atoms with Gasteiger partial charge < -0.3 is 30.2 Å². The highest BCUT2D eigenvalue weighted by atomic mass is 16.7. The summed E-state index contributed by atoms with van der Waals surface area (Å²) in [7, 11) is 0. The Morgan fingerprint density at radius 2 is 1.57 bits per heavy atom. The summed E-state index contributed by atoms with van der Waals surface area (Å²) >= 11 is 0. The molecule has 0 bridgehead atoms. The fourth-order valence-corrected chi connectivity index (χ4v) is 7.18. The zero-order chi connectivity index (χ0) is 31.6. The Labute approximate surface area is 269 Å². The first-order valence-corrected chi connectivity index (χ1v) is 16.3. The second kappa shape index (κ2) is 13.4. The van der Waals surface area contributed by atoms with Crippen molar-refractivity contribution in [2.45, 2.75) is 57.5 Å². The highest BCUT2D eigenvalue weighted by Gasteiger charge is 2.39. The molecule has 0 saturated carbocycles. The molecule has 4 N–H and O–H groups in total. The van der Waals surface area contributed by atoms with Crippen molar-refractivity contribution in [2.24, 2.45) is 11.7 Å². The van der Waals surface area contributed by atoms with E-state index in [-0.39, 0.29) is 36.5 Å². The molecular formula is C38H42N4O4. The van der Waals surface area contributed by atoms with E-state index in [9.17, 15) is 9.90 Å². The van der Waals surface area contributed by atoms with Crippen molar-refractivity contribution in [2.75, 3.05) is 19.6 Å². The molecule has 0 spiro atoms. The van der Waals surface area contributed by atoms with Gasteiger partial charge in [0.15, 0.2) is 6.29 Å². The van der Waals surface area contributed by atoms with Crippen molar-refractivity contribution in [1.82, 2.24) is 14.5 Å². The number of hydrogen-bond donors (Lipinski definition) is 3. The number of ether oxygens (including phenoxy) is 2. The Morgan fingerprint density at radius 1 is 0.870 bits per heavy atom. The number of likely N-dealkylation sites (tertiary alicyclic amines) is 1. The topological polar surface area (TPSA) is 106 Å². The van der Waals surface area contributed by atoms with E-state index in [1.54, 1.807) is 0 Å². The molecule has 8 heteroatoms. The van der Waals surface area contributed by atoms with Gasteiger partial charge in [-0.3, -0.25) is 4.57 Å². The number of hydrogen-bond acceptors (Lipinski definition) is 6. The van der Waals surface area contributed by atoms with Crippen LogP contribution in [0, 0.1) is 5.92 Å². The van der Waals surface area contributed by atoms with E-state index in [4.69, 9.17) is 15.2 Å². The molecule has 2 aliphatic heterocycles. The number of nitrogens with two attached hydrogens (primary N) is 1. The van der Waals surface area contributed by atoms with Gasteiger partial charge in [0.25, 0.3) is 0 Å². The lowest BCUT2D eigenvalue weighted by atomic mass is 9.89. The van der Waals surface area contributed by atoms with Crippen LogP contribution in [-0.4, -0.2) is 45.3 Å². The predicted molar refractivity (Wildman–Crippen MR) is 180 cm³/mol. The number of aromatic nitrogens is 2. The summed E-state index contributed by atoms with van der Waals surface area (Å²) < 4.78 is 15.4. The van der Waals surface area contributed by atoms with Gasteiger partial charge in [0.2, 0.25) is 0 Å². The zero-order valence-corrected chi connectivity index (χ0v) is 26.2. The Bertz CT molecular complexity index is 1820. The van der Waals surface area contributed by atoms with Crippen molar-refractivity contribution >= 4 is 11.0 Å². The van der Waals surface area contributed by atoms with Crippen LogP contribution in [0.2, 0.25) is 0 Å². The van der Waals surface area contributed by atoms with Crippen LogP contribution in [0.4, 0.5) is 0 Å². The molecule has 4 atom stereocenters. The molecule has 2 saturated heterocycles. The number of fused-ring (bicyclic) bond motifs is 1. The van der Waals surface area contributed by atoms with E-state index in [2.05, 4.69) is 65.3 Å². The maximum atomic E-state index is 12.8. The average molecular weight is 619 g/mol. The molecule has 8 nitrogen and oxygen atoms in total. The number of nitrogens with one attached hydrogen (secondary N) is 1. The van der Waals surface area contributed by atoms with Gasteiger partial charge in [-0.05, 0) is 52.8 Å². The minimum atomic E-state index is -0.523. The highest BCUT2D eigenvalue weighted by Crippen LogP contribution is 2.42. The maximum absolute atomic E-state index is 12.8. The number of aromatic amines is 1. The lowest BCUT2D eigenvalue weighted by Gasteiger charge is -2.44. The van der Waals surface area contributed by atoms with Gasteiger partial charge in [-0.2, -0.15) is 0 Å². The summed E-state index contributed by atoms with van der Waals surface area (Å²) in [6.07, 6.45) is 1.05. The number of aliphatic hydroxyl groups is 1. The van der Waals surface area contributed by atoms with Crippen LogP contribution in [0.25, 0.3) is 22.2 Å². The number of piperidine rings is 1. The SMILES string of the molecule is C[C@H]1[C@@H](CN2CCC(n3c(=O)[nH]c4ccccc43)CC2)O[C@@H](c2ccc(-c3ccccc3CN)cc2)O[C@H]1c1ccc(CO)cc1. The fraction of sp³-hybridized carbons (Fsp3) is 0.342. The predicted octanol–water partition coefficient (Wildman–Crippen LogP) is 6.08. The third-order valence-corrected chi connectivity index (χ3v) is 9.84. The van der Waals surface area contributed by atoms with E-state index in [0.29, 0.717) is 6.54 Å². The monoisotopic (exact) mass is 618 g/mol. The molecular weight excluding hydrogens is 576 g/mol. The van der Waals surface area contributed by atoms with Crippen molar-refractivity contribution in [3.05, 3.63) is 130 Å². The molecule has 2 fully saturated rings. The quantitative estimate of drug-likeness (QED) is 0.195. The first kappa shape index (κ1) is 30.6. The fourth-order valence-electron chi connectivity index (χ4n) is 7.18. The first-order chi connectivity index (χ1) is 22.5. The van der Waals surface area contributed by atoms with Crippen molar-refractivity contribution in [1.29, 1.82) is 0 Å². The van der Waals surface area contributed by atoms with Crippen molar-refractivity contribution in [3.63, 3.8) is 0 Å². The third-order valence-electron chi connectivity index (χ3n) is 9.84. The van der Waals surface area contributed by atoms with Crippen molar-refractivity contribution < 1.29 is 14.6 Å². The largest absolute Gasteiger partial charge is 0.392 e. The Balaban J connectivity index is 1.10. The summed E-state index contributed by atoms with van der Waals surface area (Å²) in [6, 6.07) is 32.8. The first-order valence-electron chi connectivity index (χ1n) is 16.3. The molecule has 0 amide bonds. The van der Waals surface area contributed by atoms with Crippen LogP contribution in [0.3, 0.4) is 0 Å². The van der Waals surface area contributed by atoms with Crippen LogP contribution < -0.4 is 11.4 Å².